The van der Waals surface area contributed by atoms with Crippen LogP contribution in [0.4, 0.5) is 4.39 Å². The van der Waals surface area contributed by atoms with E-state index in [4.69, 9.17) is 0 Å². The molecule has 0 amide bonds. The van der Waals surface area contributed by atoms with Crippen molar-refractivity contribution < 1.29 is 4.39 Å². The van der Waals surface area contributed by atoms with E-state index < -0.39 is 0 Å². The predicted molar refractivity (Wildman–Crippen MR) is 61.0 cm³/mol. The van der Waals surface area contributed by atoms with E-state index in [1.807, 2.05) is 25.4 Å². The minimum absolute atomic E-state index is 0.205. The number of hydrogen-bond donors (Lipinski definition) is 1. The van der Waals surface area contributed by atoms with Crippen LogP contribution >= 0.6 is 0 Å². The van der Waals surface area contributed by atoms with Gasteiger partial charge in [-0.2, -0.15) is 5.10 Å². The quantitative estimate of drug-likeness (QED) is 0.856. The fraction of sp³-hybridized carbons (Fsp3) is 0.250. The molecule has 1 aromatic carbocycles. The van der Waals surface area contributed by atoms with Crippen LogP contribution in [0.1, 0.15) is 11.3 Å². The lowest BCUT2D eigenvalue weighted by atomic mass is 10.2. The highest BCUT2D eigenvalue weighted by molar-refractivity contribution is 5.40. The van der Waals surface area contributed by atoms with Crippen molar-refractivity contribution in [2.24, 2.45) is 0 Å². The van der Waals surface area contributed by atoms with Crippen molar-refractivity contribution in [3.8, 4) is 5.69 Å². The molecule has 0 aliphatic heterocycles. The molecule has 0 unspecified atom stereocenters. The molecule has 1 N–H and O–H groups in total. The summed E-state index contributed by atoms with van der Waals surface area (Å²) in [6.45, 7) is 2.46. The normalized spacial score (nSPS) is 10.7. The first-order chi connectivity index (χ1) is 7.72. The van der Waals surface area contributed by atoms with Gasteiger partial charge in [-0.3, -0.25) is 0 Å². The van der Waals surface area contributed by atoms with Crippen LogP contribution in [0.25, 0.3) is 5.69 Å². The maximum atomic E-state index is 13.4. The Kier molecular flexibility index (Phi) is 3.01. The van der Waals surface area contributed by atoms with Gasteiger partial charge in [0.15, 0.2) is 0 Å². The summed E-state index contributed by atoms with van der Waals surface area (Å²) in [5.41, 5.74) is 2.33. The van der Waals surface area contributed by atoms with Gasteiger partial charge in [0.1, 0.15) is 5.82 Å². The second-order valence-electron chi connectivity index (χ2n) is 3.67. The van der Waals surface area contributed by atoms with Crippen LogP contribution in [-0.2, 0) is 6.54 Å². The molecule has 0 aliphatic rings. The number of rotatable bonds is 3. The second kappa shape index (κ2) is 4.45. The third-order valence-corrected chi connectivity index (χ3v) is 2.49. The van der Waals surface area contributed by atoms with Crippen molar-refractivity contribution in [2.75, 3.05) is 7.05 Å². The van der Waals surface area contributed by atoms with Gasteiger partial charge >= 0.3 is 0 Å². The molecule has 1 aromatic heterocycles. The summed E-state index contributed by atoms with van der Waals surface area (Å²) in [5.74, 6) is -0.205. The molecule has 0 fully saturated rings. The van der Waals surface area contributed by atoms with Crippen molar-refractivity contribution in [3.63, 3.8) is 0 Å². The Bertz CT molecular complexity index is 491. The maximum absolute atomic E-state index is 13.4. The van der Waals surface area contributed by atoms with Gasteiger partial charge in [-0.05, 0) is 32.2 Å². The molecule has 16 heavy (non-hydrogen) atoms. The highest BCUT2D eigenvalue weighted by Gasteiger charge is 2.06. The Labute approximate surface area is 93.9 Å². The summed E-state index contributed by atoms with van der Waals surface area (Å²) >= 11 is 0. The first kappa shape index (κ1) is 10.8. The summed E-state index contributed by atoms with van der Waals surface area (Å²) < 4.78 is 15.1. The molecule has 0 bridgehead atoms. The molecule has 0 radical (unpaired) electrons. The van der Waals surface area contributed by atoms with E-state index >= 15 is 0 Å². The van der Waals surface area contributed by atoms with Gasteiger partial charge < -0.3 is 5.32 Å². The smallest absolute Gasteiger partial charge is 0.128 e. The maximum Gasteiger partial charge on any atom is 0.128 e. The van der Waals surface area contributed by atoms with Crippen LogP contribution in [0.15, 0.2) is 30.5 Å². The van der Waals surface area contributed by atoms with E-state index in [0.717, 1.165) is 11.4 Å². The summed E-state index contributed by atoms with van der Waals surface area (Å²) in [4.78, 5) is 0. The van der Waals surface area contributed by atoms with Gasteiger partial charge in [-0.25, -0.2) is 9.07 Å². The zero-order valence-corrected chi connectivity index (χ0v) is 9.37. The monoisotopic (exact) mass is 219 g/mol. The predicted octanol–water partition coefficient (Wildman–Crippen LogP) is 2.04. The van der Waals surface area contributed by atoms with Crippen LogP contribution in [0.2, 0.25) is 0 Å². The molecule has 0 atom stereocenters. The Morgan fingerprint density at radius 3 is 2.94 bits per heavy atom. The number of halogens is 1. The summed E-state index contributed by atoms with van der Waals surface area (Å²) in [6, 6.07) is 6.92. The number of nitrogens with one attached hydrogen (secondary N) is 1. The Morgan fingerprint density at radius 1 is 1.38 bits per heavy atom. The van der Waals surface area contributed by atoms with Crippen LogP contribution in [-0.4, -0.2) is 16.8 Å². The lowest BCUT2D eigenvalue weighted by Gasteiger charge is -2.06. The largest absolute Gasteiger partial charge is 0.314 e. The van der Waals surface area contributed by atoms with E-state index in [2.05, 4.69) is 10.4 Å². The minimum atomic E-state index is -0.205. The van der Waals surface area contributed by atoms with Crippen molar-refractivity contribution in [2.45, 2.75) is 13.5 Å². The highest BCUT2D eigenvalue weighted by atomic mass is 19.1. The van der Waals surface area contributed by atoms with Crippen molar-refractivity contribution in [3.05, 3.63) is 47.5 Å². The zero-order valence-electron chi connectivity index (χ0n) is 9.37. The standard InChI is InChI=1S/C12H14FN3/c1-9-11(13)4-3-5-12(9)16-7-6-10(15-16)8-14-2/h3-7,14H,8H2,1-2H3. The van der Waals surface area contributed by atoms with E-state index in [0.29, 0.717) is 12.1 Å². The molecule has 2 aromatic rings. The molecule has 2 rings (SSSR count). The van der Waals surface area contributed by atoms with Crippen LogP contribution in [0, 0.1) is 12.7 Å². The fourth-order valence-electron chi connectivity index (χ4n) is 1.62. The first-order valence-electron chi connectivity index (χ1n) is 5.17. The molecule has 0 spiro atoms. The van der Waals surface area contributed by atoms with Gasteiger partial charge in [-0.15, -0.1) is 0 Å². The molecule has 84 valence electrons. The second-order valence-corrected chi connectivity index (χ2v) is 3.67. The van der Waals surface area contributed by atoms with E-state index in [1.165, 1.54) is 6.07 Å². The average molecular weight is 219 g/mol. The van der Waals surface area contributed by atoms with Crippen molar-refractivity contribution in [1.82, 2.24) is 15.1 Å². The topological polar surface area (TPSA) is 29.9 Å². The highest BCUT2D eigenvalue weighted by Crippen LogP contribution is 2.16. The third-order valence-electron chi connectivity index (χ3n) is 2.49. The van der Waals surface area contributed by atoms with Crippen LogP contribution < -0.4 is 5.32 Å². The van der Waals surface area contributed by atoms with E-state index in [-0.39, 0.29) is 5.82 Å². The lowest BCUT2D eigenvalue weighted by Crippen LogP contribution is -2.07. The van der Waals surface area contributed by atoms with Crippen LogP contribution in [0.5, 0.6) is 0 Å². The van der Waals surface area contributed by atoms with Crippen molar-refractivity contribution in [1.29, 1.82) is 0 Å². The van der Waals surface area contributed by atoms with Crippen LogP contribution in [0.3, 0.4) is 0 Å². The molecule has 0 saturated carbocycles. The Balaban J connectivity index is 2.39. The first-order valence-corrected chi connectivity index (χ1v) is 5.17. The molecule has 3 nitrogen and oxygen atoms in total. The number of hydrogen-bond acceptors (Lipinski definition) is 2. The molecule has 1 heterocycles. The van der Waals surface area contributed by atoms with Gasteiger partial charge in [0.2, 0.25) is 0 Å². The third kappa shape index (κ3) is 1.97. The van der Waals surface area contributed by atoms with Crippen molar-refractivity contribution >= 4 is 0 Å². The molecular formula is C12H14FN3. The SMILES string of the molecule is CNCc1ccn(-c2cccc(F)c2C)n1. The fourth-order valence-corrected chi connectivity index (χ4v) is 1.62. The molecular weight excluding hydrogens is 205 g/mol. The van der Waals surface area contributed by atoms with Gasteiger partial charge in [0.25, 0.3) is 0 Å². The van der Waals surface area contributed by atoms with E-state index in [1.54, 1.807) is 17.7 Å². The lowest BCUT2D eigenvalue weighted by molar-refractivity contribution is 0.615. The number of nitrogens with zero attached hydrogens (tertiary/aromatic N) is 2. The summed E-state index contributed by atoms with van der Waals surface area (Å²) in [7, 11) is 1.87. The van der Waals surface area contributed by atoms with E-state index in [9.17, 15) is 4.39 Å². The molecule has 0 saturated heterocycles. The molecule has 4 heteroatoms. The number of aromatic nitrogens is 2. The summed E-state index contributed by atoms with van der Waals surface area (Å²) in [6.07, 6.45) is 1.84. The van der Waals surface area contributed by atoms with Gasteiger partial charge in [0, 0.05) is 18.3 Å². The minimum Gasteiger partial charge on any atom is -0.314 e. The summed E-state index contributed by atoms with van der Waals surface area (Å²) in [5, 5.41) is 7.38. The average Bonchev–Trinajstić information content (AvgIpc) is 2.71. The van der Waals surface area contributed by atoms with Gasteiger partial charge in [-0.1, -0.05) is 6.07 Å². The van der Waals surface area contributed by atoms with Gasteiger partial charge in [0.05, 0.1) is 11.4 Å². The zero-order chi connectivity index (χ0) is 11.5. The molecule has 0 aliphatic carbocycles. The number of benzene rings is 1. The Morgan fingerprint density at radius 2 is 2.19 bits per heavy atom. The Hall–Kier alpha value is -1.68.